The van der Waals surface area contributed by atoms with Crippen molar-refractivity contribution in [3.63, 3.8) is 0 Å². The van der Waals surface area contributed by atoms with Gasteiger partial charge in [0.25, 0.3) is 0 Å². The van der Waals surface area contributed by atoms with Crippen LogP contribution in [0.1, 0.15) is 31.0 Å². The molecule has 0 spiro atoms. The van der Waals surface area contributed by atoms with Crippen LogP contribution in [-0.2, 0) is 6.54 Å². The van der Waals surface area contributed by atoms with Gasteiger partial charge in [-0.1, -0.05) is 0 Å². The lowest BCUT2D eigenvalue weighted by Crippen LogP contribution is -2.47. The Hall–Kier alpha value is -1.11. The van der Waals surface area contributed by atoms with Crippen LogP contribution in [0.4, 0.5) is 13.2 Å². The number of hydrogen-bond acceptors (Lipinski definition) is 3. The fraction of sp³-hybridized carbons (Fsp3) is 0.538. The molecule has 1 aromatic carbocycles. The van der Waals surface area contributed by atoms with E-state index in [0.29, 0.717) is 5.56 Å². The Labute approximate surface area is 109 Å². The molecule has 1 heterocycles. The highest BCUT2D eigenvalue weighted by Gasteiger charge is 2.40. The highest BCUT2D eigenvalue weighted by Crippen LogP contribution is 2.40. The molecule has 0 fully saturated rings. The van der Waals surface area contributed by atoms with Crippen molar-refractivity contribution in [3.8, 4) is 0 Å². The van der Waals surface area contributed by atoms with Gasteiger partial charge >= 0.3 is 0 Å². The predicted molar refractivity (Wildman–Crippen MR) is 64.8 cm³/mol. The van der Waals surface area contributed by atoms with Crippen LogP contribution in [0.15, 0.2) is 6.07 Å². The summed E-state index contributed by atoms with van der Waals surface area (Å²) >= 11 is 0. The molecule has 106 valence electrons. The molecule has 3 nitrogen and oxygen atoms in total. The van der Waals surface area contributed by atoms with Gasteiger partial charge in [-0.15, -0.1) is 0 Å². The monoisotopic (exact) mass is 274 g/mol. The number of benzene rings is 1. The lowest BCUT2D eigenvalue weighted by Gasteiger charge is -2.38. The van der Waals surface area contributed by atoms with Crippen molar-refractivity contribution >= 4 is 0 Å². The first-order valence-corrected chi connectivity index (χ1v) is 6.07. The van der Waals surface area contributed by atoms with Crippen LogP contribution in [0.3, 0.4) is 0 Å². The predicted octanol–water partition coefficient (Wildman–Crippen LogP) is 1.69. The first kappa shape index (κ1) is 14.3. The van der Waals surface area contributed by atoms with Crippen LogP contribution in [0.2, 0.25) is 0 Å². The van der Waals surface area contributed by atoms with E-state index in [9.17, 15) is 18.3 Å². The first-order valence-electron chi connectivity index (χ1n) is 6.07. The number of halogens is 3. The summed E-state index contributed by atoms with van der Waals surface area (Å²) in [6.45, 7) is 3.62. The van der Waals surface area contributed by atoms with E-state index >= 15 is 0 Å². The Morgan fingerprint density at radius 2 is 2.00 bits per heavy atom. The van der Waals surface area contributed by atoms with E-state index in [2.05, 4.69) is 0 Å². The molecule has 1 atom stereocenters. The maximum atomic E-state index is 13.8. The average molecular weight is 274 g/mol. The van der Waals surface area contributed by atoms with Crippen molar-refractivity contribution in [2.75, 3.05) is 13.2 Å². The molecule has 1 aromatic rings. The second-order valence-electron chi connectivity index (χ2n) is 5.40. The minimum atomic E-state index is -1.46. The molecule has 0 amide bonds. The number of nitrogens with zero attached hydrogens (tertiary/aromatic N) is 1. The summed E-state index contributed by atoms with van der Waals surface area (Å²) in [6, 6.07) is 0.570. The van der Waals surface area contributed by atoms with Crippen LogP contribution in [-0.4, -0.2) is 28.7 Å². The minimum Gasteiger partial charge on any atom is -0.394 e. The molecule has 0 bridgehead atoms. The van der Waals surface area contributed by atoms with Gasteiger partial charge < -0.3 is 10.8 Å². The van der Waals surface area contributed by atoms with E-state index in [0.717, 1.165) is 6.07 Å². The van der Waals surface area contributed by atoms with E-state index in [4.69, 9.17) is 5.73 Å². The molecule has 3 N–H and O–H groups in total. The third-order valence-electron chi connectivity index (χ3n) is 3.75. The fourth-order valence-electron chi connectivity index (χ4n) is 2.54. The summed E-state index contributed by atoms with van der Waals surface area (Å²) in [4.78, 5) is 1.76. The normalized spacial score (nSPS) is 19.8. The first-order chi connectivity index (χ1) is 8.83. The van der Waals surface area contributed by atoms with Crippen molar-refractivity contribution in [2.24, 2.45) is 5.73 Å². The molecule has 0 saturated heterocycles. The fourth-order valence-corrected chi connectivity index (χ4v) is 2.54. The van der Waals surface area contributed by atoms with Crippen molar-refractivity contribution in [3.05, 3.63) is 34.6 Å². The van der Waals surface area contributed by atoms with E-state index in [1.165, 1.54) is 0 Å². The lowest BCUT2D eigenvalue weighted by atomic mass is 10.0. The molecular formula is C13H17F3N2O. The lowest BCUT2D eigenvalue weighted by molar-refractivity contribution is 0.0289. The zero-order valence-corrected chi connectivity index (χ0v) is 10.9. The second kappa shape index (κ2) is 4.77. The van der Waals surface area contributed by atoms with Crippen LogP contribution in [0.25, 0.3) is 0 Å². The zero-order valence-electron chi connectivity index (χ0n) is 10.9. The molecule has 0 radical (unpaired) electrons. The van der Waals surface area contributed by atoms with Gasteiger partial charge in [0.1, 0.15) is 0 Å². The molecule has 0 saturated carbocycles. The van der Waals surface area contributed by atoms with Crippen LogP contribution in [0, 0.1) is 17.5 Å². The zero-order chi connectivity index (χ0) is 14.4. The average Bonchev–Trinajstić information content (AvgIpc) is 2.75. The van der Waals surface area contributed by atoms with Gasteiger partial charge in [0, 0.05) is 30.2 Å². The molecule has 0 aromatic heterocycles. The number of fused-ring (bicyclic) bond motifs is 1. The van der Waals surface area contributed by atoms with Crippen molar-refractivity contribution in [1.29, 1.82) is 0 Å². The molecule has 1 aliphatic rings. The van der Waals surface area contributed by atoms with E-state index < -0.39 is 29.0 Å². The molecule has 1 unspecified atom stereocenters. The molecule has 1 aliphatic heterocycles. The van der Waals surface area contributed by atoms with Crippen molar-refractivity contribution in [1.82, 2.24) is 4.90 Å². The Balaban J connectivity index is 2.52. The van der Waals surface area contributed by atoms with Crippen molar-refractivity contribution < 1.29 is 18.3 Å². The highest BCUT2D eigenvalue weighted by molar-refractivity contribution is 5.37. The van der Waals surface area contributed by atoms with Crippen molar-refractivity contribution in [2.45, 2.75) is 32.0 Å². The maximum absolute atomic E-state index is 13.8. The molecule has 19 heavy (non-hydrogen) atoms. The van der Waals surface area contributed by atoms with Gasteiger partial charge in [0.2, 0.25) is 0 Å². The molecular weight excluding hydrogens is 257 g/mol. The van der Waals surface area contributed by atoms with Gasteiger partial charge in [-0.05, 0) is 25.5 Å². The Kier molecular flexibility index (Phi) is 3.59. The number of nitrogens with two attached hydrogens (primary N) is 1. The van der Waals surface area contributed by atoms with Crippen LogP contribution < -0.4 is 5.73 Å². The largest absolute Gasteiger partial charge is 0.394 e. The Bertz CT molecular complexity index is 505. The Morgan fingerprint density at radius 3 is 2.53 bits per heavy atom. The smallest absolute Gasteiger partial charge is 0.194 e. The van der Waals surface area contributed by atoms with Gasteiger partial charge in [-0.2, -0.15) is 0 Å². The third kappa shape index (κ3) is 2.13. The van der Waals surface area contributed by atoms with E-state index in [1.807, 2.05) is 0 Å². The number of aliphatic hydroxyl groups is 1. The highest BCUT2D eigenvalue weighted by atomic mass is 19.2. The summed E-state index contributed by atoms with van der Waals surface area (Å²) in [5, 5.41) is 9.40. The van der Waals surface area contributed by atoms with Crippen LogP contribution in [0.5, 0.6) is 0 Å². The van der Waals surface area contributed by atoms with Gasteiger partial charge in [-0.3, -0.25) is 4.90 Å². The summed E-state index contributed by atoms with van der Waals surface area (Å²) in [5.41, 5.74) is 5.50. The van der Waals surface area contributed by atoms with Gasteiger partial charge in [0.15, 0.2) is 17.5 Å². The quantitative estimate of drug-likeness (QED) is 0.825. The molecule has 6 heteroatoms. The van der Waals surface area contributed by atoms with Gasteiger partial charge in [-0.25, -0.2) is 13.2 Å². The topological polar surface area (TPSA) is 49.5 Å². The SMILES string of the molecule is CC(C)(CO)N1Cc2c(cc(F)c(F)c2F)C1CN. The molecule has 2 rings (SSSR count). The Morgan fingerprint density at radius 1 is 1.37 bits per heavy atom. The van der Waals surface area contributed by atoms with E-state index in [-0.39, 0.29) is 25.3 Å². The summed E-state index contributed by atoms with van der Waals surface area (Å²) in [5.74, 6) is -3.83. The standard InChI is InChI=1S/C13H17F3N2O/c1-13(2,6-19)18-5-8-7(10(18)4-17)3-9(14)12(16)11(8)15/h3,10,19H,4-6,17H2,1-2H3. The second-order valence-corrected chi connectivity index (χ2v) is 5.40. The minimum absolute atomic E-state index is 0.105. The van der Waals surface area contributed by atoms with Crippen LogP contribution >= 0.6 is 0 Å². The summed E-state index contributed by atoms with van der Waals surface area (Å²) in [6.07, 6.45) is 0. The number of rotatable bonds is 3. The summed E-state index contributed by atoms with van der Waals surface area (Å²) in [7, 11) is 0. The third-order valence-corrected chi connectivity index (χ3v) is 3.75. The number of hydrogen-bond donors (Lipinski definition) is 2. The molecule has 0 aliphatic carbocycles. The van der Waals surface area contributed by atoms with Gasteiger partial charge in [0.05, 0.1) is 6.61 Å². The summed E-state index contributed by atoms with van der Waals surface area (Å²) < 4.78 is 40.4. The number of aliphatic hydroxyl groups excluding tert-OH is 1. The maximum Gasteiger partial charge on any atom is 0.194 e. The van der Waals surface area contributed by atoms with E-state index in [1.54, 1.807) is 18.7 Å².